The van der Waals surface area contributed by atoms with Gasteiger partial charge in [-0.2, -0.15) is 0 Å². The normalized spacial score (nSPS) is 24.0. The van der Waals surface area contributed by atoms with Gasteiger partial charge in [-0.1, -0.05) is 6.92 Å². The number of nitrogens with one attached hydrogen (secondary N) is 7. The summed E-state index contributed by atoms with van der Waals surface area (Å²) in [6.07, 6.45) is -20.4. The Hall–Kier alpha value is -7.30. The van der Waals surface area contributed by atoms with E-state index < -0.39 is 183 Å². The maximum atomic E-state index is 15.2. The molecule has 2 saturated heterocycles. The number of anilines is 1. The molecule has 38 nitrogen and oxygen atoms in total. The molecule has 0 spiro atoms. The van der Waals surface area contributed by atoms with Crippen LogP contribution < -0.4 is 65.7 Å². The summed E-state index contributed by atoms with van der Waals surface area (Å²) in [6.45, 7) is 2.89. The summed E-state index contributed by atoms with van der Waals surface area (Å²) in [6, 6.07) is -7.88. The molecule has 2 aliphatic heterocycles. The van der Waals surface area contributed by atoms with E-state index in [9.17, 15) is 74.4 Å². The molecule has 532 valence electrons. The number of hydrogen-bond acceptors (Lipinski definition) is 31. The second-order valence-corrected chi connectivity index (χ2v) is 27.0. The second kappa shape index (κ2) is 35.8. The largest absolute Gasteiger partial charge is 0.853 e. The van der Waals surface area contributed by atoms with Gasteiger partial charge >= 0.3 is 6.09 Å². The van der Waals surface area contributed by atoms with Gasteiger partial charge in [-0.25, -0.2) is 29.7 Å². The van der Waals surface area contributed by atoms with E-state index in [1.807, 2.05) is 0 Å². The fourth-order valence-corrected chi connectivity index (χ4v) is 12.1. The van der Waals surface area contributed by atoms with E-state index >= 15 is 4.79 Å². The van der Waals surface area contributed by atoms with Gasteiger partial charge in [-0.3, -0.25) is 33.6 Å². The number of rotatable bonds is 35. The van der Waals surface area contributed by atoms with Gasteiger partial charge in [0.25, 0.3) is 11.8 Å². The number of aliphatic hydroxyl groups is 7. The number of nitrogens with zero attached hydrogens (tertiary/aromatic N) is 5. The molecule has 6 rings (SSSR count). The summed E-state index contributed by atoms with van der Waals surface area (Å²) in [7, 11) is 0.253. The maximum Gasteiger partial charge on any atom is 0.404 e. The molecule has 2 fully saturated rings. The average molecular weight is 1410 g/mol. The Balaban J connectivity index is 1.26. The van der Waals surface area contributed by atoms with Crippen LogP contribution in [0.4, 0.5) is 10.6 Å². The zero-order valence-corrected chi connectivity index (χ0v) is 55.3. The van der Waals surface area contributed by atoms with Crippen LogP contribution in [0.1, 0.15) is 88.8 Å². The lowest BCUT2D eigenvalue weighted by Crippen LogP contribution is -2.66. The predicted octanol–water partition coefficient (Wildman–Crippen LogP) is -8.34. The van der Waals surface area contributed by atoms with Crippen molar-refractivity contribution in [3.8, 4) is 10.7 Å². The number of imidazole rings is 1. The minimum Gasteiger partial charge on any atom is -0.853 e. The fourth-order valence-electron chi connectivity index (χ4n) is 9.79. The van der Waals surface area contributed by atoms with Crippen molar-refractivity contribution in [2.24, 2.45) is 28.9 Å². The molecule has 6 heterocycles. The highest BCUT2D eigenvalue weighted by molar-refractivity contribution is 7.95. The van der Waals surface area contributed by atoms with Crippen LogP contribution in [0.15, 0.2) is 23.3 Å². The Morgan fingerprint density at radius 2 is 1.52 bits per heavy atom. The van der Waals surface area contributed by atoms with Crippen LogP contribution >= 0.6 is 22.7 Å². The SMILES string of the molecule is Cc1c(N)nc(C(CC(N)=O)NCC(N)C(N)=O)nc1C(=O)NC(C(=O)NC(C)C(O)C(C)C(=O)NC(C(=O)NCCc1nc(-c2nc(C(=O)NCCC[S+](C)C)cs2)cs1)C(C)O)C(OC1OC(C[O-])C(O)C(O)C1OC1OC(CO)C(O)C(OC(N)=O)C1O)c1cnc[nH]1. The van der Waals surface area contributed by atoms with Crippen LogP contribution in [0.5, 0.6) is 0 Å². The molecule has 0 bridgehead atoms. The molecule has 2 aliphatic rings. The highest BCUT2D eigenvalue weighted by Gasteiger charge is 2.53. The van der Waals surface area contributed by atoms with Crippen LogP contribution in [0.2, 0.25) is 0 Å². The molecule has 96 heavy (non-hydrogen) atoms. The second-order valence-electron chi connectivity index (χ2n) is 22.8. The monoisotopic (exact) mass is 1410 g/mol. The molecule has 0 aromatic carbocycles. The van der Waals surface area contributed by atoms with E-state index in [-0.39, 0.29) is 64.9 Å². The van der Waals surface area contributed by atoms with Crippen molar-refractivity contribution >= 4 is 86.8 Å². The number of amides is 8. The number of carbonyl (C=O) groups excluding carboxylic acids is 8. The first kappa shape index (κ1) is 77.7. The summed E-state index contributed by atoms with van der Waals surface area (Å²) in [5.74, 6) is -7.75. The fraction of sp³-hybridized carbons (Fsp3) is 0.618. The number of aromatic amines is 1. The van der Waals surface area contributed by atoms with Gasteiger partial charge in [-0.05, 0) is 31.7 Å². The molecule has 19 atom stereocenters. The summed E-state index contributed by atoms with van der Waals surface area (Å²) < 4.78 is 28.6. The van der Waals surface area contributed by atoms with E-state index in [1.165, 1.54) is 50.4 Å². The zero-order valence-electron chi connectivity index (χ0n) is 52.8. The summed E-state index contributed by atoms with van der Waals surface area (Å²) in [5.41, 5.74) is 28.0. The number of nitrogen functional groups attached to an aromatic ring is 1. The third kappa shape index (κ3) is 20.6. The Morgan fingerprint density at radius 1 is 0.812 bits per heavy atom. The highest BCUT2D eigenvalue weighted by Crippen LogP contribution is 2.35. The van der Waals surface area contributed by atoms with Gasteiger partial charge in [0.15, 0.2) is 18.7 Å². The summed E-state index contributed by atoms with van der Waals surface area (Å²) in [4.78, 5) is 131. The predicted molar refractivity (Wildman–Crippen MR) is 337 cm³/mol. The standard InChI is InChI=1S/C55H83N17O21S3/c1-20-33(69-46(72-44(20)58)25(12-31(57)76)64-13-24(56)45(59)82)50(86)71-35(41(26-14-61-19-65-26)91-54-43(39(80)37(78)29(15-73)90-54)92-53-40(81)42(93-55(60)88)38(79)30(16-74)89-53)51(87)66-22(3)36(77)21(2)47(83)70-34(23(4)75)49(85)63-10-8-32-67-28(18-94-32)52-68-27(17-95-52)48(84)62-9-7-11-96(5)6/h14,17-19,21-25,29-30,34-43,53-54,64,74-75,77-81H,7-13,15-16,56H2,1-6H3,(H2,57,76)(H2,59,82)(H2,60,88)(H,61,65)(H,62,84)(H,63,85)(H,66,87)(H,70,83)(H,71,86)(H2,58,69,72). The van der Waals surface area contributed by atoms with Gasteiger partial charge in [0.1, 0.15) is 94.3 Å². The number of ether oxygens (including phenoxy) is 5. The van der Waals surface area contributed by atoms with Crippen molar-refractivity contribution in [3.05, 3.63) is 56.8 Å². The number of aliphatic hydroxyl groups excluding tert-OH is 7. The van der Waals surface area contributed by atoms with Crippen LogP contribution in [-0.4, -0.2) is 262 Å². The number of thiazole rings is 2. The topological polar surface area (TPSA) is 630 Å². The number of hydrogen-bond donors (Lipinski definition) is 19. The Labute approximate surface area is 559 Å². The lowest BCUT2D eigenvalue weighted by atomic mass is 9.96. The van der Waals surface area contributed by atoms with Crippen molar-refractivity contribution in [1.29, 1.82) is 0 Å². The van der Waals surface area contributed by atoms with Crippen molar-refractivity contribution in [3.63, 3.8) is 0 Å². The van der Waals surface area contributed by atoms with Crippen molar-refractivity contribution in [2.75, 3.05) is 56.8 Å². The molecule has 0 aliphatic carbocycles. The van der Waals surface area contributed by atoms with Gasteiger partial charge in [0, 0.05) is 55.2 Å². The molecule has 19 unspecified atom stereocenters. The lowest BCUT2D eigenvalue weighted by Gasteiger charge is -2.47. The number of aromatic nitrogens is 6. The van der Waals surface area contributed by atoms with E-state index in [0.29, 0.717) is 22.3 Å². The highest BCUT2D eigenvalue weighted by atomic mass is 32.2. The lowest BCUT2D eigenvalue weighted by molar-refractivity contribution is -0.425. The van der Waals surface area contributed by atoms with Crippen molar-refractivity contribution < 1.29 is 103 Å². The first-order valence-electron chi connectivity index (χ1n) is 29.8. The van der Waals surface area contributed by atoms with E-state index in [1.54, 1.807) is 10.8 Å². The van der Waals surface area contributed by atoms with Crippen LogP contribution in [-0.2, 0) is 65.0 Å². The smallest absolute Gasteiger partial charge is 0.404 e. The van der Waals surface area contributed by atoms with Gasteiger partial charge in [-0.15, -0.1) is 29.3 Å². The summed E-state index contributed by atoms with van der Waals surface area (Å²) in [5, 5.41) is 110. The Kier molecular flexibility index (Phi) is 29.0. The third-order valence-electron chi connectivity index (χ3n) is 15.3. The molecular formula is C55H83N17O21S3. The number of H-pyrrole nitrogens is 1. The first-order chi connectivity index (χ1) is 45.3. The minimum absolute atomic E-state index is 0.00775. The minimum atomic E-state index is -2.24. The van der Waals surface area contributed by atoms with Gasteiger partial charge in [0.05, 0.1) is 84.7 Å². The first-order valence-corrected chi connectivity index (χ1v) is 33.8. The van der Waals surface area contributed by atoms with E-state index in [4.69, 9.17) is 52.4 Å². The molecule has 0 radical (unpaired) electrons. The molecule has 4 aromatic heterocycles. The van der Waals surface area contributed by atoms with Crippen molar-refractivity contribution in [1.82, 2.24) is 61.8 Å². The average Bonchev–Trinajstić information content (AvgIpc) is 0.885. The number of primary amides is 3. The third-order valence-corrected chi connectivity index (χ3v) is 18.1. The Morgan fingerprint density at radius 3 is 2.15 bits per heavy atom. The van der Waals surface area contributed by atoms with Crippen molar-refractivity contribution in [2.45, 2.75) is 157 Å². The van der Waals surface area contributed by atoms with Crippen LogP contribution in [0.3, 0.4) is 0 Å². The summed E-state index contributed by atoms with van der Waals surface area (Å²) >= 11 is 2.52. The zero-order chi connectivity index (χ0) is 71.0. The molecule has 41 heteroatoms. The molecule has 8 amide bonds. The van der Waals surface area contributed by atoms with E-state index in [0.717, 1.165) is 24.7 Å². The molecule has 24 N–H and O–H groups in total. The number of carbonyl (C=O) groups is 8. The van der Waals surface area contributed by atoms with Crippen LogP contribution in [0, 0.1) is 12.8 Å². The van der Waals surface area contributed by atoms with Gasteiger partial charge < -0.3 is 130 Å². The Bertz CT molecular complexity index is 3280. The number of nitrogens with two attached hydrogens (primary N) is 5. The molecular weight excluding hydrogens is 1330 g/mol. The molecule has 0 saturated carbocycles. The quantitative estimate of drug-likeness (QED) is 0.0150. The van der Waals surface area contributed by atoms with Crippen LogP contribution in [0.25, 0.3) is 10.7 Å². The molecule has 4 aromatic rings. The maximum absolute atomic E-state index is 15.2. The van der Waals surface area contributed by atoms with Gasteiger partial charge in [0.2, 0.25) is 29.5 Å². The van der Waals surface area contributed by atoms with E-state index in [2.05, 4.69) is 74.3 Å².